The van der Waals surface area contributed by atoms with Gasteiger partial charge in [-0.25, -0.2) is 0 Å². The lowest BCUT2D eigenvalue weighted by molar-refractivity contribution is -0.0387. The topological polar surface area (TPSA) is 36.0 Å². The molecule has 2 heterocycles. The molecule has 1 aromatic rings. The van der Waals surface area contributed by atoms with Gasteiger partial charge in [-0.1, -0.05) is 0 Å². The number of nitrogens with zero attached hydrogens (tertiary/aromatic N) is 3. The predicted molar refractivity (Wildman–Crippen MR) is 101 cm³/mol. The highest BCUT2D eigenvalue weighted by atomic mass is 16.5. The Morgan fingerprint density at radius 1 is 1.08 bits per heavy atom. The van der Waals surface area contributed by atoms with E-state index in [1.165, 1.54) is 5.69 Å². The molecule has 2 saturated heterocycles. The summed E-state index contributed by atoms with van der Waals surface area (Å²) in [6.45, 7) is 14.1. The van der Waals surface area contributed by atoms with Crippen molar-refractivity contribution in [3.05, 3.63) is 29.8 Å². The van der Waals surface area contributed by atoms with E-state index in [2.05, 4.69) is 35.8 Å². The van der Waals surface area contributed by atoms with Crippen LogP contribution in [0, 0.1) is 0 Å². The van der Waals surface area contributed by atoms with Crippen LogP contribution in [0.3, 0.4) is 0 Å². The molecule has 25 heavy (non-hydrogen) atoms. The van der Waals surface area contributed by atoms with Crippen molar-refractivity contribution >= 4 is 11.6 Å². The monoisotopic (exact) mass is 345 g/mol. The van der Waals surface area contributed by atoms with E-state index in [1.807, 2.05) is 30.9 Å². The lowest BCUT2D eigenvalue weighted by Gasteiger charge is -2.38. The highest BCUT2D eigenvalue weighted by Crippen LogP contribution is 2.20. The van der Waals surface area contributed by atoms with E-state index in [0.717, 1.165) is 31.7 Å². The van der Waals surface area contributed by atoms with Gasteiger partial charge in [-0.15, -0.1) is 0 Å². The second-order valence-electron chi connectivity index (χ2n) is 7.61. The fourth-order valence-corrected chi connectivity index (χ4v) is 3.66. The van der Waals surface area contributed by atoms with Crippen LogP contribution in [0.1, 0.15) is 38.1 Å². The van der Waals surface area contributed by atoms with E-state index in [-0.39, 0.29) is 18.1 Å². The standard InChI is InChI=1S/C20H31N3O2/c1-15(2)21-9-11-22(12-10-21)19-7-5-18(6-8-19)20(24)23-13-17(4)25-14-16(23)3/h5-8,15-17H,9-14H2,1-4H3/t16-,17-/m0/s1. The van der Waals surface area contributed by atoms with E-state index in [9.17, 15) is 4.79 Å². The molecule has 5 nitrogen and oxygen atoms in total. The molecular weight excluding hydrogens is 314 g/mol. The first-order valence-corrected chi connectivity index (χ1v) is 9.47. The van der Waals surface area contributed by atoms with Gasteiger partial charge in [-0.2, -0.15) is 0 Å². The van der Waals surface area contributed by atoms with Gasteiger partial charge < -0.3 is 14.5 Å². The lowest BCUT2D eigenvalue weighted by atomic mass is 10.1. The molecule has 0 saturated carbocycles. The average Bonchev–Trinajstić information content (AvgIpc) is 2.63. The molecular formula is C20H31N3O2. The van der Waals surface area contributed by atoms with E-state index in [1.54, 1.807) is 0 Å². The third-order valence-corrected chi connectivity index (χ3v) is 5.39. The minimum absolute atomic E-state index is 0.108. The number of benzene rings is 1. The molecule has 2 aliphatic rings. The number of hydrogen-bond donors (Lipinski definition) is 0. The van der Waals surface area contributed by atoms with Crippen molar-refractivity contribution in [3.63, 3.8) is 0 Å². The molecule has 138 valence electrons. The zero-order chi connectivity index (χ0) is 18.0. The third kappa shape index (κ3) is 4.15. The van der Waals surface area contributed by atoms with Gasteiger partial charge in [0.05, 0.1) is 18.8 Å². The molecule has 5 heteroatoms. The number of anilines is 1. The van der Waals surface area contributed by atoms with Crippen molar-refractivity contribution in [1.29, 1.82) is 0 Å². The minimum Gasteiger partial charge on any atom is -0.375 e. The van der Waals surface area contributed by atoms with Crippen LogP contribution < -0.4 is 4.90 Å². The van der Waals surface area contributed by atoms with E-state index in [0.29, 0.717) is 19.2 Å². The van der Waals surface area contributed by atoms with Gasteiger partial charge in [0.15, 0.2) is 0 Å². The summed E-state index contributed by atoms with van der Waals surface area (Å²) in [6, 6.07) is 8.87. The van der Waals surface area contributed by atoms with Gasteiger partial charge in [0.25, 0.3) is 5.91 Å². The zero-order valence-corrected chi connectivity index (χ0v) is 15.9. The highest BCUT2D eigenvalue weighted by molar-refractivity contribution is 5.94. The van der Waals surface area contributed by atoms with Crippen molar-refractivity contribution in [3.8, 4) is 0 Å². The molecule has 2 aliphatic heterocycles. The first kappa shape index (κ1) is 18.2. The van der Waals surface area contributed by atoms with Gasteiger partial charge in [0.1, 0.15) is 0 Å². The van der Waals surface area contributed by atoms with Crippen LogP contribution in [-0.4, -0.2) is 73.2 Å². The number of ether oxygens (including phenoxy) is 1. The summed E-state index contributed by atoms with van der Waals surface area (Å²) in [4.78, 5) is 19.7. The first-order valence-electron chi connectivity index (χ1n) is 9.47. The quantitative estimate of drug-likeness (QED) is 0.843. The van der Waals surface area contributed by atoms with Crippen LogP contribution >= 0.6 is 0 Å². The fraction of sp³-hybridized carbons (Fsp3) is 0.650. The summed E-state index contributed by atoms with van der Waals surface area (Å²) in [6.07, 6.45) is 0.108. The van der Waals surface area contributed by atoms with Crippen LogP contribution in [-0.2, 0) is 4.74 Å². The zero-order valence-electron chi connectivity index (χ0n) is 15.9. The predicted octanol–water partition coefficient (Wildman–Crippen LogP) is 2.47. The number of hydrogen-bond acceptors (Lipinski definition) is 4. The van der Waals surface area contributed by atoms with E-state index in [4.69, 9.17) is 4.74 Å². The first-order chi connectivity index (χ1) is 12.0. The molecule has 1 aromatic carbocycles. The Morgan fingerprint density at radius 3 is 2.32 bits per heavy atom. The maximum atomic E-state index is 12.8. The van der Waals surface area contributed by atoms with E-state index < -0.39 is 0 Å². The average molecular weight is 345 g/mol. The lowest BCUT2D eigenvalue weighted by Crippen LogP contribution is -2.50. The second-order valence-corrected chi connectivity index (χ2v) is 7.61. The Balaban J connectivity index is 1.63. The Labute approximate surface area is 151 Å². The summed E-state index contributed by atoms with van der Waals surface area (Å²) in [5.74, 6) is 0.110. The van der Waals surface area contributed by atoms with Crippen LogP contribution in [0.4, 0.5) is 5.69 Å². The number of piperazine rings is 1. The summed E-state index contributed by atoms with van der Waals surface area (Å²) in [7, 11) is 0. The van der Waals surface area contributed by atoms with Crippen molar-refractivity contribution in [2.45, 2.75) is 45.9 Å². The Bertz CT molecular complexity index is 579. The number of carbonyl (C=O) groups excluding carboxylic acids is 1. The number of morpholine rings is 1. The fourth-order valence-electron chi connectivity index (χ4n) is 3.66. The maximum absolute atomic E-state index is 12.8. The molecule has 0 bridgehead atoms. The molecule has 2 fully saturated rings. The Kier molecular flexibility index (Phi) is 5.64. The van der Waals surface area contributed by atoms with Crippen molar-refractivity contribution in [2.75, 3.05) is 44.2 Å². The third-order valence-electron chi connectivity index (χ3n) is 5.39. The summed E-state index contributed by atoms with van der Waals surface area (Å²) in [5.41, 5.74) is 1.98. The summed E-state index contributed by atoms with van der Waals surface area (Å²) < 4.78 is 5.63. The van der Waals surface area contributed by atoms with Crippen LogP contribution in [0.25, 0.3) is 0 Å². The SMILES string of the molecule is CC(C)N1CCN(c2ccc(C(=O)N3C[C@H](C)OC[C@@H]3C)cc2)CC1. The minimum atomic E-state index is 0.108. The van der Waals surface area contributed by atoms with Gasteiger partial charge in [-0.05, 0) is 52.0 Å². The van der Waals surface area contributed by atoms with Gasteiger partial charge >= 0.3 is 0 Å². The molecule has 0 N–H and O–H groups in total. The van der Waals surface area contributed by atoms with E-state index >= 15 is 0 Å². The van der Waals surface area contributed by atoms with Crippen molar-refractivity contribution in [1.82, 2.24) is 9.80 Å². The molecule has 0 radical (unpaired) electrons. The summed E-state index contributed by atoms with van der Waals surface area (Å²) in [5, 5.41) is 0. The smallest absolute Gasteiger partial charge is 0.254 e. The van der Waals surface area contributed by atoms with Crippen LogP contribution in [0.15, 0.2) is 24.3 Å². The van der Waals surface area contributed by atoms with Crippen LogP contribution in [0.5, 0.6) is 0 Å². The molecule has 3 rings (SSSR count). The number of carbonyl (C=O) groups is 1. The normalized spacial score (nSPS) is 25.5. The van der Waals surface area contributed by atoms with Crippen LogP contribution in [0.2, 0.25) is 0 Å². The van der Waals surface area contributed by atoms with Gasteiger partial charge in [0, 0.05) is 50.0 Å². The Hall–Kier alpha value is -1.59. The Morgan fingerprint density at radius 2 is 1.72 bits per heavy atom. The molecule has 0 unspecified atom stereocenters. The molecule has 0 spiro atoms. The largest absolute Gasteiger partial charge is 0.375 e. The maximum Gasteiger partial charge on any atom is 0.254 e. The van der Waals surface area contributed by atoms with Crippen molar-refractivity contribution < 1.29 is 9.53 Å². The molecule has 1 amide bonds. The number of rotatable bonds is 3. The second kappa shape index (κ2) is 7.75. The molecule has 0 aromatic heterocycles. The molecule has 2 atom stereocenters. The number of amides is 1. The highest BCUT2D eigenvalue weighted by Gasteiger charge is 2.28. The van der Waals surface area contributed by atoms with Gasteiger partial charge in [-0.3, -0.25) is 9.69 Å². The van der Waals surface area contributed by atoms with Gasteiger partial charge in [0.2, 0.25) is 0 Å². The van der Waals surface area contributed by atoms with Crippen molar-refractivity contribution in [2.24, 2.45) is 0 Å². The molecule has 0 aliphatic carbocycles. The summed E-state index contributed by atoms with van der Waals surface area (Å²) >= 11 is 0.